The SMILES string of the molecule is O=[N+]([O-])CC(c1ccccc1)(c1cc2c([nH]1)CC=CC2)C(F)(F)F. The smallest absolute Gasteiger partial charge is 0.361 e. The third-order valence-electron chi connectivity index (χ3n) is 4.39. The van der Waals surface area contributed by atoms with Crippen LogP contribution in [0.4, 0.5) is 13.2 Å². The molecular formula is C17H15F3N2O2. The summed E-state index contributed by atoms with van der Waals surface area (Å²) in [7, 11) is 0. The summed E-state index contributed by atoms with van der Waals surface area (Å²) in [6.45, 7) is -1.26. The van der Waals surface area contributed by atoms with Crippen molar-refractivity contribution in [1.82, 2.24) is 4.98 Å². The average Bonchev–Trinajstić information content (AvgIpc) is 2.96. The maximum atomic E-state index is 14.1. The lowest BCUT2D eigenvalue weighted by Crippen LogP contribution is -2.49. The van der Waals surface area contributed by atoms with Gasteiger partial charge in [0.2, 0.25) is 6.54 Å². The van der Waals surface area contributed by atoms with Gasteiger partial charge in [-0.3, -0.25) is 10.1 Å². The molecule has 0 saturated heterocycles. The highest BCUT2D eigenvalue weighted by atomic mass is 19.4. The van der Waals surface area contributed by atoms with Gasteiger partial charge in [0, 0.05) is 22.7 Å². The quantitative estimate of drug-likeness (QED) is 0.524. The molecule has 0 radical (unpaired) electrons. The maximum absolute atomic E-state index is 14.1. The van der Waals surface area contributed by atoms with Gasteiger partial charge in [0.1, 0.15) is 0 Å². The first-order valence-electron chi connectivity index (χ1n) is 7.45. The summed E-state index contributed by atoms with van der Waals surface area (Å²) < 4.78 is 42.4. The molecule has 1 atom stereocenters. The van der Waals surface area contributed by atoms with Crippen LogP contribution in [0.2, 0.25) is 0 Å². The van der Waals surface area contributed by atoms with Gasteiger partial charge in [0.05, 0.1) is 0 Å². The highest BCUT2D eigenvalue weighted by Crippen LogP contribution is 2.46. The Balaban J connectivity index is 2.24. The van der Waals surface area contributed by atoms with Gasteiger partial charge in [-0.15, -0.1) is 0 Å². The number of nitrogens with one attached hydrogen (secondary N) is 1. The molecule has 0 amide bonds. The van der Waals surface area contributed by atoms with Crippen LogP contribution >= 0.6 is 0 Å². The van der Waals surface area contributed by atoms with Crippen LogP contribution in [-0.4, -0.2) is 22.6 Å². The van der Waals surface area contributed by atoms with Crippen molar-refractivity contribution < 1.29 is 18.1 Å². The second kappa shape index (κ2) is 5.81. The van der Waals surface area contributed by atoms with E-state index >= 15 is 0 Å². The summed E-state index contributed by atoms with van der Waals surface area (Å²) >= 11 is 0. The summed E-state index contributed by atoms with van der Waals surface area (Å²) in [4.78, 5) is 13.0. The number of alkyl halides is 3. The fourth-order valence-corrected chi connectivity index (χ4v) is 3.20. The number of hydrogen-bond acceptors (Lipinski definition) is 2. The van der Waals surface area contributed by atoms with Crippen molar-refractivity contribution in [3.05, 3.63) is 81.2 Å². The molecule has 1 aromatic carbocycles. The zero-order valence-electron chi connectivity index (χ0n) is 12.6. The second-order valence-corrected chi connectivity index (χ2v) is 5.83. The van der Waals surface area contributed by atoms with E-state index in [0.29, 0.717) is 18.5 Å². The minimum absolute atomic E-state index is 0.138. The summed E-state index contributed by atoms with van der Waals surface area (Å²) in [5, 5.41) is 11.1. The molecule has 24 heavy (non-hydrogen) atoms. The van der Waals surface area contributed by atoms with Crippen LogP contribution < -0.4 is 0 Å². The Bertz CT molecular complexity index is 755. The Labute approximate surface area is 136 Å². The molecule has 4 nitrogen and oxygen atoms in total. The molecule has 7 heteroatoms. The fourth-order valence-electron chi connectivity index (χ4n) is 3.20. The first kappa shape index (κ1) is 16.3. The minimum Gasteiger partial charge on any atom is -0.361 e. The number of halogens is 3. The lowest BCUT2D eigenvalue weighted by molar-refractivity contribution is -0.498. The number of H-pyrrole nitrogens is 1. The first-order valence-corrected chi connectivity index (χ1v) is 7.45. The van der Waals surface area contributed by atoms with Crippen LogP contribution in [0.5, 0.6) is 0 Å². The third-order valence-corrected chi connectivity index (χ3v) is 4.39. The van der Waals surface area contributed by atoms with Gasteiger partial charge < -0.3 is 4.98 Å². The monoisotopic (exact) mass is 336 g/mol. The van der Waals surface area contributed by atoms with E-state index in [1.807, 2.05) is 12.2 Å². The predicted molar refractivity (Wildman–Crippen MR) is 82.5 cm³/mol. The maximum Gasteiger partial charge on any atom is 0.410 e. The van der Waals surface area contributed by atoms with E-state index in [0.717, 1.165) is 5.56 Å². The molecule has 1 N–H and O–H groups in total. The molecule has 1 heterocycles. The first-order chi connectivity index (χ1) is 11.3. The second-order valence-electron chi connectivity index (χ2n) is 5.83. The average molecular weight is 336 g/mol. The standard InChI is InChI=1S/C17H15F3N2O2/c18-17(19,20)16(11-22(23)24,13-7-2-1-3-8-13)15-10-12-6-4-5-9-14(12)21-15/h1-5,7-8,10,21H,6,9,11H2. The third kappa shape index (κ3) is 2.60. The van der Waals surface area contributed by atoms with E-state index in [1.54, 1.807) is 6.07 Å². The molecule has 0 saturated carbocycles. The van der Waals surface area contributed by atoms with Crippen molar-refractivity contribution in [2.75, 3.05) is 6.54 Å². The molecule has 1 unspecified atom stereocenters. The highest BCUT2D eigenvalue weighted by Gasteiger charge is 2.62. The van der Waals surface area contributed by atoms with E-state index in [2.05, 4.69) is 4.98 Å². The predicted octanol–water partition coefficient (Wildman–Crippen LogP) is 3.79. The lowest BCUT2D eigenvalue weighted by atomic mass is 9.76. The van der Waals surface area contributed by atoms with E-state index in [9.17, 15) is 23.3 Å². The van der Waals surface area contributed by atoms with Crippen molar-refractivity contribution in [3.63, 3.8) is 0 Å². The molecule has 0 bridgehead atoms. The fraction of sp³-hybridized carbons (Fsp3) is 0.294. The van der Waals surface area contributed by atoms with E-state index in [4.69, 9.17) is 0 Å². The van der Waals surface area contributed by atoms with Gasteiger partial charge in [-0.2, -0.15) is 13.2 Å². The lowest BCUT2D eigenvalue weighted by Gasteiger charge is -2.32. The van der Waals surface area contributed by atoms with Gasteiger partial charge >= 0.3 is 6.18 Å². The van der Waals surface area contributed by atoms with Gasteiger partial charge in [-0.25, -0.2) is 0 Å². The largest absolute Gasteiger partial charge is 0.410 e. The van der Waals surface area contributed by atoms with Crippen molar-refractivity contribution in [2.24, 2.45) is 0 Å². The van der Waals surface area contributed by atoms with Crippen molar-refractivity contribution in [1.29, 1.82) is 0 Å². The zero-order chi connectivity index (χ0) is 17.4. The Hall–Kier alpha value is -2.57. The highest BCUT2D eigenvalue weighted by molar-refractivity contribution is 5.44. The number of aromatic amines is 1. The van der Waals surface area contributed by atoms with Crippen LogP contribution in [0.15, 0.2) is 48.6 Å². The molecular weight excluding hydrogens is 321 g/mol. The van der Waals surface area contributed by atoms with Crippen molar-refractivity contribution in [2.45, 2.75) is 24.4 Å². The number of nitro groups is 1. The molecule has 0 spiro atoms. The van der Waals surface area contributed by atoms with E-state index in [-0.39, 0.29) is 11.3 Å². The van der Waals surface area contributed by atoms with Crippen LogP contribution in [0.25, 0.3) is 0 Å². The summed E-state index contributed by atoms with van der Waals surface area (Å²) in [6, 6.07) is 8.49. The molecule has 1 aromatic heterocycles. The molecule has 0 aliphatic heterocycles. The molecule has 0 fully saturated rings. The Morgan fingerprint density at radius 3 is 2.38 bits per heavy atom. The number of benzene rings is 1. The Kier molecular flexibility index (Phi) is 3.95. The van der Waals surface area contributed by atoms with Gasteiger partial charge in [-0.1, -0.05) is 42.5 Å². The van der Waals surface area contributed by atoms with Gasteiger partial charge in [0.25, 0.3) is 0 Å². The minimum atomic E-state index is -4.82. The van der Waals surface area contributed by atoms with Crippen LogP contribution in [-0.2, 0) is 18.3 Å². The number of rotatable bonds is 4. The van der Waals surface area contributed by atoms with Crippen molar-refractivity contribution in [3.8, 4) is 0 Å². The molecule has 126 valence electrons. The molecule has 2 aromatic rings. The van der Waals surface area contributed by atoms with Crippen LogP contribution in [0, 0.1) is 10.1 Å². The Morgan fingerprint density at radius 1 is 1.12 bits per heavy atom. The number of allylic oxidation sites excluding steroid dienone is 2. The number of aromatic nitrogens is 1. The summed E-state index contributed by atoms with van der Waals surface area (Å²) in [6.07, 6.45) is -0.0506. The number of nitrogens with zero attached hydrogens (tertiary/aromatic N) is 1. The Morgan fingerprint density at radius 2 is 1.79 bits per heavy atom. The van der Waals surface area contributed by atoms with Gasteiger partial charge in [0.15, 0.2) is 5.41 Å². The normalized spacial score (nSPS) is 16.5. The number of fused-ring (bicyclic) bond motifs is 1. The van der Waals surface area contributed by atoms with Crippen LogP contribution in [0.1, 0.15) is 22.5 Å². The summed E-state index contributed by atoms with van der Waals surface area (Å²) in [5.41, 5.74) is -1.58. The summed E-state index contributed by atoms with van der Waals surface area (Å²) in [5.74, 6) is 0. The molecule has 3 rings (SSSR count). The molecule has 1 aliphatic carbocycles. The number of hydrogen-bond donors (Lipinski definition) is 1. The van der Waals surface area contributed by atoms with E-state index < -0.39 is 23.1 Å². The molecule has 1 aliphatic rings. The topological polar surface area (TPSA) is 58.9 Å². The van der Waals surface area contributed by atoms with Crippen molar-refractivity contribution >= 4 is 0 Å². The zero-order valence-corrected chi connectivity index (χ0v) is 12.6. The van der Waals surface area contributed by atoms with Crippen LogP contribution in [0.3, 0.4) is 0 Å². The van der Waals surface area contributed by atoms with E-state index in [1.165, 1.54) is 30.3 Å². The van der Waals surface area contributed by atoms with Gasteiger partial charge in [-0.05, 0) is 23.6 Å².